The molecule has 21 heavy (non-hydrogen) atoms. The van der Waals surface area contributed by atoms with Gasteiger partial charge in [-0.05, 0) is 44.8 Å². The Morgan fingerprint density at radius 1 is 1.24 bits per heavy atom. The van der Waals surface area contributed by atoms with E-state index in [1.807, 2.05) is 0 Å². The molecule has 0 spiro atoms. The first-order valence-corrected chi connectivity index (χ1v) is 9.62. The van der Waals surface area contributed by atoms with Crippen molar-refractivity contribution in [1.29, 1.82) is 0 Å². The van der Waals surface area contributed by atoms with E-state index in [4.69, 9.17) is 4.99 Å². The monoisotopic (exact) mass is 313 g/mol. The van der Waals surface area contributed by atoms with E-state index in [0.29, 0.717) is 12.0 Å². The molecule has 2 rings (SSSR count). The standard InChI is InChI=1S/C16H31N3OS/c1-3-17-16(18-11-12-6-5-7-15(12)20)19-13-8-9-14(10-13)21-4-2/h12-15,20H,3-11H2,1-2H3,(H2,17,18,19). The molecule has 3 N–H and O–H groups in total. The molecule has 0 aromatic rings. The number of aliphatic imine (C=N–C) groups is 1. The first-order chi connectivity index (χ1) is 10.2. The average Bonchev–Trinajstić information content (AvgIpc) is 3.06. The predicted octanol–water partition coefficient (Wildman–Crippen LogP) is 2.38. The van der Waals surface area contributed by atoms with Crippen LogP contribution in [0.5, 0.6) is 0 Å². The zero-order valence-corrected chi connectivity index (χ0v) is 14.3. The Bertz CT molecular complexity index is 337. The van der Waals surface area contributed by atoms with Crippen molar-refractivity contribution in [2.45, 2.75) is 69.8 Å². The molecular formula is C16H31N3OS. The van der Waals surface area contributed by atoms with Crippen molar-refractivity contribution in [1.82, 2.24) is 10.6 Å². The fraction of sp³-hybridized carbons (Fsp3) is 0.938. The lowest BCUT2D eigenvalue weighted by atomic mass is 10.1. The lowest BCUT2D eigenvalue weighted by molar-refractivity contribution is 0.136. The molecule has 122 valence electrons. The summed E-state index contributed by atoms with van der Waals surface area (Å²) in [6.45, 7) is 5.98. The summed E-state index contributed by atoms with van der Waals surface area (Å²) in [6.07, 6.45) is 6.86. The van der Waals surface area contributed by atoms with Crippen LogP contribution in [-0.4, -0.2) is 47.3 Å². The van der Waals surface area contributed by atoms with Gasteiger partial charge in [0, 0.05) is 30.3 Å². The zero-order valence-electron chi connectivity index (χ0n) is 13.5. The molecule has 0 amide bonds. The van der Waals surface area contributed by atoms with Gasteiger partial charge in [-0.15, -0.1) is 0 Å². The highest BCUT2D eigenvalue weighted by Crippen LogP contribution is 2.29. The molecule has 2 aliphatic rings. The second-order valence-electron chi connectivity index (χ2n) is 6.21. The van der Waals surface area contributed by atoms with Crippen molar-refractivity contribution >= 4 is 17.7 Å². The molecule has 0 aromatic carbocycles. The van der Waals surface area contributed by atoms with Crippen molar-refractivity contribution in [3.63, 3.8) is 0 Å². The van der Waals surface area contributed by atoms with Crippen molar-refractivity contribution in [3.05, 3.63) is 0 Å². The third-order valence-electron chi connectivity index (χ3n) is 4.57. The number of hydrogen-bond acceptors (Lipinski definition) is 3. The molecule has 0 saturated heterocycles. The van der Waals surface area contributed by atoms with E-state index in [1.165, 1.54) is 25.0 Å². The molecule has 4 unspecified atom stereocenters. The van der Waals surface area contributed by atoms with Crippen LogP contribution in [0.1, 0.15) is 52.4 Å². The minimum Gasteiger partial charge on any atom is -0.393 e. The van der Waals surface area contributed by atoms with Crippen LogP contribution in [0, 0.1) is 5.92 Å². The fourth-order valence-corrected chi connectivity index (χ4v) is 4.55. The largest absolute Gasteiger partial charge is 0.393 e. The molecule has 5 heteroatoms. The first-order valence-electron chi connectivity index (χ1n) is 8.57. The van der Waals surface area contributed by atoms with Crippen LogP contribution in [0.15, 0.2) is 4.99 Å². The fourth-order valence-electron chi connectivity index (χ4n) is 3.41. The minimum atomic E-state index is -0.145. The number of guanidine groups is 1. The number of aliphatic hydroxyl groups excluding tert-OH is 1. The van der Waals surface area contributed by atoms with E-state index < -0.39 is 0 Å². The molecule has 2 saturated carbocycles. The van der Waals surface area contributed by atoms with E-state index in [-0.39, 0.29) is 6.10 Å². The second kappa shape index (κ2) is 8.89. The van der Waals surface area contributed by atoms with Crippen molar-refractivity contribution < 1.29 is 5.11 Å². The van der Waals surface area contributed by atoms with Crippen LogP contribution >= 0.6 is 11.8 Å². The molecule has 2 aliphatic carbocycles. The number of thioether (sulfide) groups is 1. The van der Waals surface area contributed by atoms with Gasteiger partial charge in [-0.25, -0.2) is 0 Å². The summed E-state index contributed by atoms with van der Waals surface area (Å²) in [5, 5.41) is 17.6. The van der Waals surface area contributed by atoms with Crippen LogP contribution in [0.4, 0.5) is 0 Å². The third-order valence-corrected chi connectivity index (χ3v) is 5.81. The second-order valence-corrected chi connectivity index (χ2v) is 7.79. The van der Waals surface area contributed by atoms with Gasteiger partial charge in [-0.2, -0.15) is 11.8 Å². The molecule has 0 heterocycles. The summed E-state index contributed by atoms with van der Waals surface area (Å²) in [7, 11) is 0. The van der Waals surface area contributed by atoms with Gasteiger partial charge in [-0.1, -0.05) is 13.3 Å². The predicted molar refractivity (Wildman–Crippen MR) is 92.0 cm³/mol. The van der Waals surface area contributed by atoms with Crippen molar-refractivity contribution in [2.24, 2.45) is 10.9 Å². The van der Waals surface area contributed by atoms with Gasteiger partial charge in [0.25, 0.3) is 0 Å². The third kappa shape index (κ3) is 5.37. The van der Waals surface area contributed by atoms with E-state index in [9.17, 15) is 5.11 Å². The van der Waals surface area contributed by atoms with Crippen LogP contribution < -0.4 is 10.6 Å². The highest BCUT2D eigenvalue weighted by Gasteiger charge is 2.26. The summed E-state index contributed by atoms with van der Waals surface area (Å²) in [5.74, 6) is 2.50. The Balaban J connectivity index is 1.81. The van der Waals surface area contributed by atoms with Gasteiger partial charge < -0.3 is 15.7 Å². The Labute approximate surface area is 133 Å². The van der Waals surface area contributed by atoms with E-state index in [1.54, 1.807) is 0 Å². The number of nitrogens with zero attached hydrogens (tertiary/aromatic N) is 1. The maximum atomic E-state index is 9.90. The van der Waals surface area contributed by atoms with Gasteiger partial charge in [0.15, 0.2) is 5.96 Å². The zero-order chi connectivity index (χ0) is 15.1. The maximum absolute atomic E-state index is 9.90. The summed E-state index contributed by atoms with van der Waals surface area (Å²) in [6, 6.07) is 0.556. The quantitative estimate of drug-likeness (QED) is 0.520. The number of nitrogens with one attached hydrogen (secondary N) is 2. The molecule has 2 fully saturated rings. The summed E-state index contributed by atoms with van der Waals surface area (Å²) < 4.78 is 0. The summed E-state index contributed by atoms with van der Waals surface area (Å²) >= 11 is 2.08. The Hall–Kier alpha value is -0.420. The number of rotatable bonds is 6. The summed E-state index contributed by atoms with van der Waals surface area (Å²) in [5.41, 5.74) is 0. The highest BCUT2D eigenvalue weighted by molar-refractivity contribution is 7.99. The topological polar surface area (TPSA) is 56.7 Å². The van der Waals surface area contributed by atoms with Crippen LogP contribution in [0.2, 0.25) is 0 Å². The van der Waals surface area contributed by atoms with E-state index in [0.717, 1.165) is 43.6 Å². The molecule has 0 aromatic heterocycles. The lowest BCUT2D eigenvalue weighted by Gasteiger charge is -2.18. The summed E-state index contributed by atoms with van der Waals surface area (Å²) in [4.78, 5) is 4.71. The van der Waals surface area contributed by atoms with E-state index in [2.05, 4.69) is 36.2 Å². The molecule has 0 bridgehead atoms. The minimum absolute atomic E-state index is 0.145. The first kappa shape index (κ1) is 16.9. The van der Waals surface area contributed by atoms with Crippen molar-refractivity contribution in [2.75, 3.05) is 18.8 Å². The SMILES string of the molecule is CCNC(=NCC1CCCC1O)NC1CCC(SCC)C1. The van der Waals surface area contributed by atoms with Gasteiger partial charge in [-0.3, -0.25) is 4.99 Å². The molecular weight excluding hydrogens is 282 g/mol. The number of aliphatic hydroxyl groups is 1. The Kier molecular flexibility index (Phi) is 7.17. The Morgan fingerprint density at radius 3 is 2.76 bits per heavy atom. The molecule has 0 radical (unpaired) electrons. The van der Waals surface area contributed by atoms with Gasteiger partial charge in [0.05, 0.1) is 6.10 Å². The smallest absolute Gasteiger partial charge is 0.191 e. The normalized spacial score (nSPS) is 33.4. The van der Waals surface area contributed by atoms with Crippen LogP contribution in [0.3, 0.4) is 0 Å². The Morgan fingerprint density at radius 2 is 2.10 bits per heavy atom. The van der Waals surface area contributed by atoms with Crippen LogP contribution in [-0.2, 0) is 0 Å². The van der Waals surface area contributed by atoms with Crippen LogP contribution in [0.25, 0.3) is 0 Å². The van der Waals surface area contributed by atoms with Gasteiger partial charge in [0.1, 0.15) is 0 Å². The lowest BCUT2D eigenvalue weighted by Crippen LogP contribution is -2.43. The highest BCUT2D eigenvalue weighted by atomic mass is 32.2. The van der Waals surface area contributed by atoms with Crippen molar-refractivity contribution in [3.8, 4) is 0 Å². The van der Waals surface area contributed by atoms with Gasteiger partial charge >= 0.3 is 0 Å². The average molecular weight is 314 g/mol. The molecule has 0 aliphatic heterocycles. The number of hydrogen-bond donors (Lipinski definition) is 3. The molecule has 4 atom stereocenters. The maximum Gasteiger partial charge on any atom is 0.191 e. The van der Waals surface area contributed by atoms with Gasteiger partial charge in [0.2, 0.25) is 0 Å². The molecule has 4 nitrogen and oxygen atoms in total. The van der Waals surface area contributed by atoms with E-state index >= 15 is 0 Å².